The van der Waals surface area contributed by atoms with Crippen LogP contribution in [0.25, 0.3) is 0 Å². The molecule has 0 saturated heterocycles. The molecule has 0 atom stereocenters. The number of nitrogens with one attached hydrogen (secondary N) is 1. The lowest BCUT2D eigenvalue weighted by Gasteiger charge is -2.35. The molecule has 0 spiro atoms. The van der Waals surface area contributed by atoms with Gasteiger partial charge >= 0.3 is 0 Å². The predicted octanol–water partition coefficient (Wildman–Crippen LogP) is 3.13. The molecule has 0 amide bonds. The lowest BCUT2D eigenvalue weighted by Crippen LogP contribution is -2.45. The third-order valence-corrected chi connectivity index (χ3v) is 3.41. The molecule has 106 valence electrons. The van der Waals surface area contributed by atoms with E-state index in [9.17, 15) is 0 Å². The van der Waals surface area contributed by atoms with Crippen molar-refractivity contribution in [1.82, 2.24) is 5.32 Å². The Bertz CT molecular complexity index is 386. The molecule has 3 heteroatoms. The van der Waals surface area contributed by atoms with Crippen molar-refractivity contribution in [3.63, 3.8) is 0 Å². The van der Waals surface area contributed by atoms with E-state index in [1.165, 1.54) is 5.56 Å². The van der Waals surface area contributed by atoms with Crippen molar-refractivity contribution in [2.75, 3.05) is 6.61 Å². The standard InChI is InChI=1S/C16H25NO2/c1-4-18-15-9-14(10-15)17-11-13-7-5-6-8-16(13)19-12(2)3/h5-8,12,14-15,17H,4,9-11H2,1-3H3. The summed E-state index contributed by atoms with van der Waals surface area (Å²) in [6.45, 7) is 7.86. The first-order chi connectivity index (χ1) is 9.19. The Hall–Kier alpha value is -1.06. The molecule has 3 nitrogen and oxygen atoms in total. The number of rotatable bonds is 7. The van der Waals surface area contributed by atoms with Crippen molar-refractivity contribution < 1.29 is 9.47 Å². The highest BCUT2D eigenvalue weighted by Gasteiger charge is 2.28. The Morgan fingerprint density at radius 2 is 2.00 bits per heavy atom. The fourth-order valence-corrected chi connectivity index (χ4v) is 2.38. The van der Waals surface area contributed by atoms with Gasteiger partial charge in [0.25, 0.3) is 0 Å². The van der Waals surface area contributed by atoms with Crippen molar-refractivity contribution in [1.29, 1.82) is 0 Å². The van der Waals surface area contributed by atoms with Gasteiger partial charge in [0.2, 0.25) is 0 Å². The van der Waals surface area contributed by atoms with Crippen molar-refractivity contribution in [3.8, 4) is 5.75 Å². The second-order valence-electron chi connectivity index (χ2n) is 5.40. The van der Waals surface area contributed by atoms with Gasteiger partial charge in [-0.2, -0.15) is 0 Å². The van der Waals surface area contributed by atoms with Crippen LogP contribution >= 0.6 is 0 Å². The maximum atomic E-state index is 5.82. The van der Waals surface area contributed by atoms with Crippen LogP contribution in [0.5, 0.6) is 5.75 Å². The third-order valence-electron chi connectivity index (χ3n) is 3.41. The Kier molecular flexibility index (Phi) is 5.23. The smallest absolute Gasteiger partial charge is 0.124 e. The van der Waals surface area contributed by atoms with Gasteiger partial charge in [-0.15, -0.1) is 0 Å². The highest BCUT2D eigenvalue weighted by Crippen LogP contribution is 2.25. The van der Waals surface area contributed by atoms with E-state index < -0.39 is 0 Å². The minimum absolute atomic E-state index is 0.215. The van der Waals surface area contributed by atoms with E-state index in [-0.39, 0.29) is 6.10 Å². The average Bonchev–Trinajstić information content (AvgIpc) is 2.33. The van der Waals surface area contributed by atoms with E-state index in [1.807, 2.05) is 12.1 Å². The van der Waals surface area contributed by atoms with Gasteiger partial charge in [0.15, 0.2) is 0 Å². The summed E-state index contributed by atoms with van der Waals surface area (Å²) < 4.78 is 11.4. The van der Waals surface area contributed by atoms with Gasteiger partial charge in [0.1, 0.15) is 5.75 Å². The molecule has 1 aromatic carbocycles. The molecule has 0 aliphatic heterocycles. The lowest BCUT2D eigenvalue weighted by atomic mass is 9.89. The fraction of sp³-hybridized carbons (Fsp3) is 0.625. The number of ether oxygens (including phenoxy) is 2. The summed E-state index contributed by atoms with van der Waals surface area (Å²) in [6, 6.07) is 8.84. The van der Waals surface area contributed by atoms with Crippen LogP contribution in [0.2, 0.25) is 0 Å². The quantitative estimate of drug-likeness (QED) is 0.820. The molecule has 1 aliphatic rings. The second-order valence-corrected chi connectivity index (χ2v) is 5.40. The van der Waals surface area contributed by atoms with Crippen LogP contribution in [0, 0.1) is 0 Å². The number of hydrogen-bond donors (Lipinski definition) is 1. The summed E-state index contributed by atoms with van der Waals surface area (Å²) in [5.41, 5.74) is 1.23. The summed E-state index contributed by atoms with van der Waals surface area (Å²) >= 11 is 0. The predicted molar refractivity (Wildman–Crippen MR) is 77.5 cm³/mol. The molecule has 1 saturated carbocycles. The Morgan fingerprint density at radius 3 is 2.68 bits per heavy atom. The Labute approximate surface area is 116 Å². The Morgan fingerprint density at radius 1 is 1.26 bits per heavy atom. The van der Waals surface area contributed by atoms with Crippen LogP contribution in [0.15, 0.2) is 24.3 Å². The van der Waals surface area contributed by atoms with Crippen molar-refractivity contribution >= 4 is 0 Å². The maximum absolute atomic E-state index is 5.82. The molecule has 0 unspecified atom stereocenters. The minimum Gasteiger partial charge on any atom is -0.491 e. The molecule has 1 fully saturated rings. The van der Waals surface area contributed by atoms with Gasteiger partial charge in [0.05, 0.1) is 12.2 Å². The number of para-hydroxylation sites is 1. The van der Waals surface area contributed by atoms with E-state index in [2.05, 4.69) is 38.2 Å². The van der Waals surface area contributed by atoms with Crippen LogP contribution in [0.4, 0.5) is 0 Å². The van der Waals surface area contributed by atoms with Crippen LogP contribution in [0.1, 0.15) is 39.2 Å². The molecular formula is C16H25NO2. The first-order valence-electron chi connectivity index (χ1n) is 7.28. The topological polar surface area (TPSA) is 30.5 Å². The molecular weight excluding hydrogens is 238 g/mol. The zero-order chi connectivity index (χ0) is 13.7. The first kappa shape index (κ1) is 14.4. The maximum Gasteiger partial charge on any atom is 0.124 e. The molecule has 1 aromatic rings. The van der Waals surface area contributed by atoms with Crippen molar-refractivity contribution in [3.05, 3.63) is 29.8 Å². The molecule has 1 aliphatic carbocycles. The summed E-state index contributed by atoms with van der Waals surface area (Å²) in [6.07, 6.45) is 2.93. The van der Waals surface area contributed by atoms with Gasteiger partial charge in [-0.1, -0.05) is 18.2 Å². The van der Waals surface area contributed by atoms with Crippen LogP contribution in [-0.2, 0) is 11.3 Å². The van der Waals surface area contributed by atoms with Crippen molar-refractivity contribution in [2.45, 2.75) is 58.4 Å². The minimum atomic E-state index is 0.215. The zero-order valence-corrected chi connectivity index (χ0v) is 12.2. The third kappa shape index (κ3) is 4.22. The van der Waals surface area contributed by atoms with E-state index in [0.29, 0.717) is 12.1 Å². The van der Waals surface area contributed by atoms with Gasteiger partial charge < -0.3 is 14.8 Å². The normalized spacial score (nSPS) is 22.3. The van der Waals surface area contributed by atoms with E-state index in [1.54, 1.807) is 0 Å². The van der Waals surface area contributed by atoms with Gasteiger partial charge in [-0.05, 0) is 39.7 Å². The van der Waals surface area contributed by atoms with Crippen LogP contribution in [-0.4, -0.2) is 24.9 Å². The molecule has 2 rings (SSSR count). The molecule has 0 heterocycles. The lowest BCUT2D eigenvalue weighted by molar-refractivity contribution is -0.0102. The van der Waals surface area contributed by atoms with Crippen LogP contribution < -0.4 is 10.1 Å². The summed E-state index contributed by atoms with van der Waals surface area (Å²) in [7, 11) is 0. The molecule has 0 bridgehead atoms. The summed E-state index contributed by atoms with van der Waals surface area (Å²) in [5.74, 6) is 0.991. The average molecular weight is 263 g/mol. The van der Waals surface area contributed by atoms with Gasteiger partial charge in [-0.25, -0.2) is 0 Å². The molecule has 1 N–H and O–H groups in total. The van der Waals surface area contributed by atoms with E-state index in [0.717, 1.165) is 31.7 Å². The number of hydrogen-bond acceptors (Lipinski definition) is 3. The zero-order valence-electron chi connectivity index (χ0n) is 12.2. The summed E-state index contributed by atoms with van der Waals surface area (Å²) in [5, 5.41) is 3.58. The Balaban J connectivity index is 1.80. The first-order valence-corrected chi connectivity index (χ1v) is 7.28. The largest absolute Gasteiger partial charge is 0.491 e. The van der Waals surface area contributed by atoms with E-state index in [4.69, 9.17) is 9.47 Å². The van der Waals surface area contributed by atoms with E-state index >= 15 is 0 Å². The molecule has 0 aromatic heterocycles. The SMILES string of the molecule is CCOC1CC(NCc2ccccc2OC(C)C)C1. The summed E-state index contributed by atoms with van der Waals surface area (Å²) in [4.78, 5) is 0. The fourth-order valence-electron chi connectivity index (χ4n) is 2.38. The molecule has 19 heavy (non-hydrogen) atoms. The van der Waals surface area contributed by atoms with Gasteiger partial charge in [0, 0.05) is 24.8 Å². The second kappa shape index (κ2) is 6.92. The van der Waals surface area contributed by atoms with Crippen molar-refractivity contribution in [2.24, 2.45) is 0 Å². The highest BCUT2D eigenvalue weighted by molar-refractivity contribution is 5.33. The van der Waals surface area contributed by atoms with Gasteiger partial charge in [-0.3, -0.25) is 0 Å². The monoisotopic (exact) mass is 263 g/mol. The molecule has 0 radical (unpaired) electrons. The highest BCUT2D eigenvalue weighted by atomic mass is 16.5. The van der Waals surface area contributed by atoms with Crippen LogP contribution in [0.3, 0.4) is 0 Å². The number of benzene rings is 1.